The summed E-state index contributed by atoms with van der Waals surface area (Å²) >= 11 is 1.33. The number of amides is 1. The predicted molar refractivity (Wildman–Crippen MR) is 101 cm³/mol. The van der Waals surface area contributed by atoms with Crippen molar-refractivity contribution < 1.29 is 9.53 Å². The van der Waals surface area contributed by atoms with Crippen LogP contribution in [0.3, 0.4) is 0 Å². The van der Waals surface area contributed by atoms with Crippen molar-refractivity contribution in [2.75, 3.05) is 19.4 Å². The number of rotatable bonds is 7. The number of ether oxygens (including phenoxy) is 1. The third-order valence-corrected chi connectivity index (χ3v) is 4.50. The number of carbonyl (C=O) groups is 1. The molecule has 3 rings (SSSR count). The summed E-state index contributed by atoms with van der Waals surface area (Å²) in [4.78, 5) is 15.8. The maximum atomic E-state index is 11.6. The van der Waals surface area contributed by atoms with Gasteiger partial charge in [-0.3, -0.25) is 14.3 Å². The van der Waals surface area contributed by atoms with E-state index in [1.54, 1.807) is 19.4 Å². The van der Waals surface area contributed by atoms with Crippen LogP contribution in [0.1, 0.15) is 6.92 Å². The summed E-state index contributed by atoms with van der Waals surface area (Å²) in [5.41, 5.74) is 1.73. The van der Waals surface area contributed by atoms with Crippen molar-refractivity contribution in [2.45, 2.75) is 12.1 Å². The average molecular weight is 369 g/mol. The van der Waals surface area contributed by atoms with E-state index in [0.29, 0.717) is 17.6 Å². The van der Waals surface area contributed by atoms with Gasteiger partial charge in [-0.05, 0) is 43.3 Å². The van der Waals surface area contributed by atoms with Crippen LogP contribution in [0.2, 0.25) is 0 Å². The summed E-state index contributed by atoms with van der Waals surface area (Å²) < 4.78 is 7.43. The van der Waals surface area contributed by atoms with E-state index in [2.05, 4.69) is 20.5 Å². The number of thioether (sulfide) groups is 1. The molecule has 7 nitrogen and oxygen atoms in total. The first-order valence-corrected chi connectivity index (χ1v) is 9.14. The van der Waals surface area contributed by atoms with Crippen LogP contribution in [0.15, 0.2) is 53.9 Å². The zero-order chi connectivity index (χ0) is 18.4. The third kappa shape index (κ3) is 4.02. The Kier molecular flexibility index (Phi) is 5.85. The highest BCUT2D eigenvalue weighted by molar-refractivity contribution is 7.99. The van der Waals surface area contributed by atoms with E-state index in [9.17, 15) is 4.79 Å². The monoisotopic (exact) mass is 369 g/mol. The van der Waals surface area contributed by atoms with Crippen molar-refractivity contribution in [2.24, 2.45) is 0 Å². The van der Waals surface area contributed by atoms with Gasteiger partial charge in [0.1, 0.15) is 5.75 Å². The van der Waals surface area contributed by atoms with Crippen molar-refractivity contribution in [3.63, 3.8) is 0 Å². The molecule has 0 fully saturated rings. The van der Waals surface area contributed by atoms with Gasteiger partial charge < -0.3 is 10.1 Å². The number of hydrogen-bond acceptors (Lipinski definition) is 6. The molecule has 2 heterocycles. The number of carbonyl (C=O) groups excluding carboxylic acids is 1. The molecule has 0 bridgehead atoms. The Morgan fingerprint density at radius 1 is 1.23 bits per heavy atom. The molecule has 26 heavy (non-hydrogen) atoms. The van der Waals surface area contributed by atoms with Gasteiger partial charge in [-0.25, -0.2) is 0 Å². The van der Waals surface area contributed by atoms with Crippen LogP contribution >= 0.6 is 11.8 Å². The molecule has 0 aliphatic rings. The fourth-order valence-corrected chi connectivity index (χ4v) is 3.16. The summed E-state index contributed by atoms with van der Waals surface area (Å²) in [5, 5.41) is 11.8. The largest absolute Gasteiger partial charge is 0.494 e. The molecule has 8 heteroatoms. The van der Waals surface area contributed by atoms with Gasteiger partial charge in [-0.2, -0.15) is 0 Å². The van der Waals surface area contributed by atoms with Crippen LogP contribution in [0.4, 0.5) is 0 Å². The normalized spacial score (nSPS) is 10.5. The van der Waals surface area contributed by atoms with Crippen LogP contribution in [-0.4, -0.2) is 45.1 Å². The molecule has 134 valence electrons. The van der Waals surface area contributed by atoms with E-state index >= 15 is 0 Å². The SMILES string of the molecule is CCOc1ccc(-n2c(SCC(=O)NC)nnc2-c2cccnc2)cc1. The Hall–Kier alpha value is -2.87. The van der Waals surface area contributed by atoms with Crippen molar-refractivity contribution in [1.29, 1.82) is 0 Å². The van der Waals surface area contributed by atoms with Gasteiger partial charge >= 0.3 is 0 Å². The minimum absolute atomic E-state index is 0.0702. The van der Waals surface area contributed by atoms with Gasteiger partial charge in [0.25, 0.3) is 0 Å². The second kappa shape index (κ2) is 8.48. The van der Waals surface area contributed by atoms with Crippen molar-refractivity contribution in [3.8, 4) is 22.8 Å². The van der Waals surface area contributed by atoms with Gasteiger partial charge in [0.15, 0.2) is 11.0 Å². The minimum atomic E-state index is -0.0702. The first-order chi connectivity index (χ1) is 12.7. The number of benzene rings is 1. The summed E-state index contributed by atoms with van der Waals surface area (Å²) in [6, 6.07) is 11.5. The topological polar surface area (TPSA) is 81.9 Å². The molecule has 0 radical (unpaired) electrons. The van der Waals surface area contributed by atoms with Gasteiger partial charge in [-0.15, -0.1) is 10.2 Å². The molecule has 0 spiro atoms. The molecule has 2 aromatic heterocycles. The molecule has 1 amide bonds. The molecule has 0 aliphatic heterocycles. The highest BCUT2D eigenvalue weighted by Crippen LogP contribution is 2.28. The third-order valence-electron chi connectivity index (χ3n) is 3.57. The maximum Gasteiger partial charge on any atom is 0.230 e. The minimum Gasteiger partial charge on any atom is -0.494 e. The first-order valence-electron chi connectivity index (χ1n) is 8.15. The lowest BCUT2D eigenvalue weighted by Gasteiger charge is -2.11. The molecule has 3 aromatic rings. The highest BCUT2D eigenvalue weighted by Gasteiger charge is 2.17. The molecule has 0 aliphatic carbocycles. The van der Waals surface area contributed by atoms with Crippen LogP contribution in [0, 0.1) is 0 Å². The van der Waals surface area contributed by atoms with Crippen LogP contribution in [-0.2, 0) is 4.79 Å². The lowest BCUT2D eigenvalue weighted by Crippen LogP contribution is -2.20. The Morgan fingerprint density at radius 2 is 2.04 bits per heavy atom. The Balaban J connectivity index is 2.01. The van der Waals surface area contributed by atoms with Crippen molar-refractivity contribution >= 4 is 17.7 Å². The Labute approximate surface area is 155 Å². The van der Waals surface area contributed by atoms with Crippen LogP contribution in [0.5, 0.6) is 5.75 Å². The number of aromatic nitrogens is 4. The van der Waals surface area contributed by atoms with E-state index in [0.717, 1.165) is 17.0 Å². The molecule has 0 unspecified atom stereocenters. The van der Waals surface area contributed by atoms with Gasteiger partial charge in [0.05, 0.1) is 12.4 Å². The molecule has 0 saturated heterocycles. The first kappa shape index (κ1) is 17.9. The van der Waals surface area contributed by atoms with Crippen LogP contribution < -0.4 is 10.1 Å². The lowest BCUT2D eigenvalue weighted by molar-refractivity contribution is -0.118. The van der Waals surface area contributed by atoms with E-state index < -0.39 is 0 Å². The number of pyridine rings is 1. The van der Waals surface area contributed by atoms with Crippen molar-refractivity contribution in [3.05, 3.63) is 48.8 Å². The molecule has 1 aromatic carbocycles. The summed E-state index contributed by atoms with van der Waals surface area (Å²) in [7, 11) is 1.61. The zero-order valence-electron chi connectivity index (χ0n) is 14.5. The number of nitrogens with one attached hydrogen (secondary N) is 1. The zero-order valence-corrected chi connectivity index (χ0v) is 15.4. The second-order valence-electron chi connectivity index (χ2n) is 5.27. The Bertz CT molecular complexity index is 865. The fourth-order valence-electron chi connectivity index (χ4n) is 2.34. The van der Waals surface area contributed by atoms with E-state index in [4.69, 9.17) is 4.74 Å². The molecule has 1 N–H and O–H groups in total. The predicted octanol–water partition coefficient (Wildman–Crippen LogP) is 2.57. The second-order valence-corrected chi connectivity index (χ2v) is 6.21. The van der Waals surface area contributed by atoms with E-state index in [-0.39, 0.29) is 11.7 Å². The molecule has 0 atom stereocenters. The Morgan fingerprint density at radius 3 is 2.69 bits per heavy atom. The van der Waals surface area contributed by atoms with Crippen molar-refractivity contribution in [1.82, 2.24) is 25.1 Å². The molecular formula is C18H19N5O2S. The maximum absolute atomic E-state index is 11.6. The number of hydrogen-bond donors (Lipinski definition) is 1. The summed E-state index contributed by atoms with van der Waals surface area (Å²) in [6.45, 7) is 2.56. The van der Waals surface area contributed by atoms with E-state index in [1.807, 2.05) is 47.9 Å². The smallest absolute Gasteiger partial charge is 0.230 e. The molecule has 0 saturated carbocycles. The summed E-state index contributed by atoms with van der Waals surface area (Å²) in [6.07, 6.45) is 3.45. The molecular weight excluding hydrogens is 350 g/mol. The van der Waals surface area contributed by atoms with Gasteiger partial charge in [0, 0.05) is 30.7 Å². The summed E-state index contributed by atoms with van der Waals surface area (Å²) in [5.74, 6) is 1.66. The average Bonchev–Trinajstić information content (AvgIpc) is 3.11. The van der Waals surface area contributed by atoms with E-state index in [1.165, 1.54) is 11.8 Å². The lowest BCUT2D eigenvalue weighted by atomic mass is 10.2. The van der Waals surface area contributed by atoms with Gasteiger partial charge in [-0.1, -0.05) is 11.8 Å². The quantitative estimate of drug-likeness (QED) is 0.645. The number of nitrogens with zero attached hydrogens (tertiary/aromatic N) is 4. The standard InChI is InChI=1S/C18H19N5O2S/c1-3-25-15-8-6-14(7-9-15)23-17(13-5-4-10-20-11-13)21-22-18(23)26-12-16(24)19-2/h4-11H,3,12H2,1-2H3,(H,19,24). The van der Waals surface area contributed by atoms with Gasteiger partial charge in [0.2, 0.25) is 5.91 Å². The van der Waals surface area contributed by atoms with Crippen LogP contribution in [0.25, 0.3) is 17.1 Å². The highest BCUT2D eigenvalue weighted by atomic mass is 32.2. The fraction of sp³-hybridized carbons (Fsp3) is 0.222.